The Morgan fingerprint density at radius 2 is 2.05 bits per heavy atom. The lowest BCUT2D eigenvalue weighted by molar-refractivity contribution is -0.221. The molecule has 0 aliphatic rings. The number of hydrogen-bond donors (Lipinski definition) is 2. The number of benzene rings is 2. The van der Waals surface area contributed by atoms with Crippen molar-refractivity contribution in [3.63, 3.8) is 0 Å². The van der Waals surface area contributed by atoms with Gasteiger partial charge in [-0.1, -0.05) is 18.2 Å². The number of carbonyl (C=O) groups is 1. The molecule has 0 saturated carbocycles. The largest absolute Gasteiger partial charge is 0.858 e. The lowest BCUT2D eigenvalue weighted by Gasteiger charge is -2.13. The molecule has 110 valence electrons. The van der Waals surface area contributed by atoms with Gasteiger partial charge in [0.2, 0.25) is 0 Å². The summed E-state index contributed by atoms with van der Waals surface area (Å²) in [6.07, 6.45) is 0. The molecule has 0 aliphatic heterocycles. The summed E-state index contributed by atoms with van der Waals surface area (Å²) in [4.78, 5) is 10.5. The van der Waals surface area contributed by atoms with Gasteiger partial charge in [-0.05, 0) is 23.6 Å². The van der Waals surface area contributed by atoms with Crippen molar-refractivity contribution >= 4 is 22.6 Å². The number of aliphatic carboxylic acids is 1. The van der Waals surface area contributed by atoms with E-state index in [9.17, 15) is 9.90 Å². The van der Waals surface area contributed by atoms with E-state index in [1.165, 1.54) is 0 Å². The summed E-state index contributed by atoms with van der Waals surface area (Å²) in [6.45, 7) is -0.700. The Morgan fingerprint density at radius 3 is 2.76 bits per heavy atom. The van der Waals surface area contributed by atoms with E-state index in [4.69, 9.17) is 20.4 Å². The Labute approximate surface area is 120 Å². The monoisotopic (exact) mass is 289 g/mol. The molecule has 0 aliphatic carbocycles. The Hall–Kier alpha value is -2.96. The molecule has 2 aromatic rings. The normalized spacial score (nSPS) is 11.3. The van der Waals surface area contributed by atoms with Crippen molar-refractivity contribution in [1.82, 2.24) is 0 Å². The summed E-state index contributed by atoms with van der Waals surface area (Å²) < 4.78 is 10.5. The minimum atomic E-state index is -1.06. The van der Waals surface area contributed by atoms with Gasteiger partial charge in [0.15, 0.2) is 6.61 Å². The fourth-order valence-electron chi connectivity index (χ4n) is 1.76. The number of carboxylic acids is 1. The van der Waals surface area contributed by atoms with E-state index < -0.39 is 18.5 Å². The van der Waals surface area contributed by atoms with Crippen LogP contribution in [0.5, 0.6) is 11.5 Å². The summed E-state index contributed by atoms with van der Waals surface area (Å²) in [5, 5.41) is 24.2. The van der Waals surface area contributed by atoms with Crippen LogP contribution in [0.3, 0.4) is 0 Å². The van der Waals surface area contributed by atoms with Gasteiger partial charge in [-0.3, -0.25) is 0 Å². The van der Waals surface area contributed by atoms with Gasteiger partial charge in [-0.25, -0.2) is 9.90 Å². The fourth-order valence-corrected chi connectivity index (χ4v) is 1.76. The Balaban J connectivity index is 2.27. The molecular weight excluding hydrogens is 276 g/mol. The van der Waals surface area contributed by atoms with Gasteiger partial charge < -0.3 is 25.5 Å². The molecular formula is C14H13N2O5-. The van der Waals surface area contributed by atoms with Gasteiger partial charge in [0.05, 0.1) is 0 Å². The first-order valence-electron chi connectivity index (χ1n) is 6.04. The van der Waals surface area contributed by atoms with Crippen molar-refractivity contribution in [3.05, 3.63) is 36.4 Å². The SMILES string of the molecule is NN=C([O-])COc1cccc2ccc(OCC(=O)O)cc12. The molecule has 7 nitrogen and oxygen atoms in total. The number of fused-ring (bicyclic) bond motifs is 1. The summed E-state index contributed by atoms with van der Waals surface area (Å²) in [5.41, 5.74) is 0. The highest BCUT2D eigenvalue weighted by Crippen LogP contribution is 2.29. The van der Waals surface area contributed by atoms with Crippen molar-refractivity contribution in [2.75, 3.05) is 13.2 Å². The number of rotatable bonds is 6. The molecule has 3 N–H and O–H groups in total. The van der Waals surface area contributed by atoms with Crippen molar-refractivity contribution in [2.45, 2.75) is 0 Å². The molecule has 2 aromatic carbocycles. The molecule has 0 amide bonds. The summed E-state index contributed by atoms with van der Waals surface area (Å²) in [6, 6.07) is 10.4. The maximum atomic E-state index is 11.1. The first-order chi connectivity index (χ1) is 10.1. The van der Waals surface area contributed by atoms with E-state index >= 15 is 0 Å². The van der Waals surface area contributed by atoms with Crippen molar-refractivity contribution < 1.29 is 24.5 Å². The van der Waals surface area contributed by atoms with E-state index in [0.29, 0.717) is 16.9 Å². The minimum Gasteiger partial charge on any atom is -0.858 e. The highest BCUT2D eigenvalue weighted by molar-refractivity contribution is 5.90. The maximum absolute atomic E-state index is 11.1. The minimum absolute atomic E-state index is 0.268. The van der Waals surface area contributed by atoms with Crippen molar-refractivity contribution in [1.29, 1.82) is 0 Å². The summed E-state index contributed by atoms with van der Waals surface area (Å²) in [5.74, 6) is 4.08. The molecule has 2 rings (SSSR count). The van der Waals surface area contributed by atoms with Crippen LogP contribution < -0.4 is 20.4 Å². The molecule has 7 heteroatoms. The zero-order chi connectivity index (χ0) is 15.2. The first-order valence-corrected chi connectivity index (χ1v) is 6.04. The molecule has 0 atom stereocenters. The second kappa shape index (κ2) is 6.47. The number of nitrogens with two attached hydrogens (primary N) is 1. The summed E-state index contributed by atoms with van der Waals surface area (Å²) >= 11 is 0. The van der Waals surface area contributed by atoms with Crippen LogP contribution in [0.2, 0.25) is 0 Å². The van der Waals surface area contributed by atoms with E-state index in [2.05, 4.69) is 5.10 Å². The van der Waals surface area contributed by atoms with Crippen molar-refractivity contribution in [3.8, 4) is 11.5 Å². The van der Waals surface area contributed by atoms with E-state index in [0.717, 1.165) is 5.39 Å². The molecule has 0 spiro atoms. The van der Waals surface area contributed by atoms with Crippen LogP contribution in [0.15, 0.2) is 41.5 Å². The van der Waals surface area contributed by atoms with E-state index in [-0.39, 0.29) is 6.61 Å². The Morgan fingerprint density at radius 1 is 1.24 bits per heavy atom. The second-order valence-corrected chi connectivity index (χ2v) is 4.13. The number of ether oxygens (including phenoxy) is 2. The Kier molecular flexibility index (Phi) is 4.45. The van der Waals surface area contributed by atoms with Gasteiger partial charge >= 0.3 is 5.97 Å². The van der Waals surface area contributed by atoms with Crippen LogP contribution in [0.1, 0.15) is 0 Å². The lowest BCUT2D eigenvalue weighted by Crippen LogP contribution is -2.26. The van der Waals surface area contributed by atoms with E-state index in [1.807, 2.05) is 6.07 Å². The van der Waals surface area contributed by atoms with Gasteiger partial charge in [-0.2, -0.15) is 0 Å². The van der Waals surface area contributed by atoms with Crippen LogP contribution in [-0.4, -0.2) is 30.2 Å². The predicted molar refractivity (Wildman–Crippen MR) is 74.2 cm³/mol. The van der Waals surface area contributed by atoms with Crippen molar-refractivity contribution in [2.24, 2.45) is 10.9 Å². The Bertz CT molecular complexity index is 684. The lowest BCUT2D eigenvalue weighted by atomic mass is 10.1. The van der Waals surface area contributed by atoms with Crippen LogP contribution in [0.4, 0.5) is 0 Å². The zero-order valence-electron chi connectivity index (χ0n) is 11.0. The average molecular weight is 289 g/mol. The van der Waals surface area contributed by atoms with Gasteiger partial charge in [0, 0.05) is 11.3 Å². The molecule has 0 unspecified atom stereocenters. The van der Waals surface area contributed by atoms with Crippen LogP contribution in [0, 0.1) is 0 Å². The quantitative estimate of drug-likeness (QED) is 0.342. The van der Waals surface area contributed by atoms with Crippen LogP contribution >= 0.6 is 0 Å². The maximum Gasteiger partial charge on any atom is 0.341 e. The molecule has 0 fully saturated rings. The number of carboxylic acid groups (broad SMARTS) is 1. The number of hydrogen-bond acceptors (Lipinski definition) is 6. The van der Waals surface area contributed by atoms with Gasteiger partial charge in [0.25, 0.3) is 0 Å². The first kappa shape index (κ1) is 14.4. The molecule has 0 bridgehead atoms. The highest BCUT2D eigenvalue weighted by atomic mass is 16.5. The zero-order valence-corrected chi connectivity index (χ0v) is 11.0. The molecule has 0 aromatic heterocycles. The number of hydrazone groups is 1. The van der Waals surface area contributed by atoms with Crippen LogP contribution in [-0.2, 0) is 4.79 Å². The van der Waals surface area contributed by atoms with Gasteiger partial charge in [-0.15, -0.1) is 0 Å². The van der Waals surface area contributed by atoms with E-state index in [1.54, 1.807) is 30.3 Å². The number of nitrogens with zero attached hydrogens (tertiary/aromatic N) is 1. The van der Waals surface area contributed by atoms with Crippen LogP contribution in [0.25, 0.3) is 10.8 Å². The van der Waals surface area contributed by atoms with Gasteiger partial charge in [0.1, 0.15) is 18.1 Å². The molecule has 0 radical (unpaired) electrons. The topological polar surface area (TPSA) is 117 Å². The molecule has 0 heterocycles. The fraction of sp³-hybridized carbons (Fsp3) is 0.143. The molecule has 21 heavy (non-hydrogen) atoms. The third-order valence-electron chi connectivity index (χ3n) is 2.67. The highest BCUT2D eigenvalue weighted by Gasteiger charge is 2.05. The molecule has 0 saturated heterocycles. The second-order valence-electron chi connectivity index (χ2n) is 4.13. The smallest absolute Gasteiger partial charge is 0.341 e. The standard InChI is InChI=1S/C14H14N2O5/c15-16-13(17)7-21-12-3-1-2-9-4-5-10(6-11(9)12)20-8-14(18)19/h1-6H,7-8,15H2,(H,16,17)(H,18,19)/p-1. The summed E-state index contributed by atoms with van der Waals surface area (Å²) in [7, 11) is 0. The third-order valence-corrected chi connectivity index (χ3v) is 2.67. The predicted octanol–water partition coefficient (Wildman–Crippen LogP) is 0.314. The average Bonchev–Trinajstić information content (AvgIpc) is 2.50. The third kappa shape index (κ3) is 3.75.